The second kappa shape index (κ2) is 11.2. The molecule has 0 saturated carbocycles. The zero-order chi connectivity index (χ0) is 34.2. The first-order valence-corrected chi connectivity index (χ1v) is 17.7. The van der Waals surface area contributed by atoms with Crippen LogP contribution >= 0.6 is 0 Å². The third-order valence-corrected chi connectivity index (χ3v) is 10.5. The second-order valence-electron chi connectivity index (χ2n) is 13.4. The molecule has 0 aliphatic heterocycles. The fraction of sp³-hybridized carbons (Fsp3) is 0. The summed E-state index contributed by atoms with van der Waals surface area (Å²) in [4.78, 5) is 10.3. The molecule has 0 saturated heterocycles. The van der Waals surface area contributed by atoms with Crippen molar-refractivity contribution in [2.75, 3.05) is 0 Å². The Morgan fingerprint density at radius 3 is 1.85 bits per heavy atom. The molecule has 4 heteroatoms. The largest absolute Gasteiger partial charge is 0.309 e. The Hall–Kier alpha value is -7.04. The van der Waals surface area contributed by atoms with E-state index >= 15 is 0 Å². The number of hydrogen-bond acceptors (Lipinski definition) is 2. The molecule has 0 bridgehead atoms. The summed E-state index contributed by atoms with van der Waals surface area (Å²) in [6.45, 7) is 0. The third-order valence-electron chi connectivity index (χ3n) is 10.5. The topological polar surface area (TPSA) is 35.6 Å². The zero-order valence-electron chi connectivity index (χ0n) is 28.1. The minimum atomic E-state index is 0.708. The van der Waals surface area contributed by atoms with E-state index in [0.29, 0.717) is 5.82 Å². The monoisotopic (exact) mass is 662 g/mol. The van der Waals surface area contributed by atoms with Crippen molar-refractivity contribution in [3.8, 4) is 34.0 Å². The predicted octanol–water partition coefficient (Wildman–Crippen LogP) is 12.3. The highest BCUT2D eigenvalue weighted by Gasteiger charge is 2.20. The molecule has 242 valence electrons. The van der Waals surface area contributed by atoms with E-state index in [9.17, 15) is 0 Å². The predicted molar refractivity (Wildman–Crippen MR) is 217 cm³/mol. The number of benzene rings is 8. The van der Waals surface area contributed by atoms with Gasteiger partial charge in [0.1, 0.15) is 0 Å². The first kappa shape index (κ1) is 28.8. The third kappa shape index (κ3) is 4.28. The van der Waals surface area contributed by atoms with Gasteiger partial charge in [-0.15, -0.1) is 0 Å². The van der Waals surface area contributed by atoms with Crippen molar-refractivity contribution in [2.24, 2.45) is 0 Å². The molecule has 0 spiro atoms. The van der Waals surface area contributed by atoms with Gasteiger partial charge in [-0.2, -0.15) is 0 Å². The summed E-state index contributed by atoms with van der Waals surface area (Å²) in [5.41, 5.74) is 10.9. The average Bonchev–Trinajstić information content (AvgIpc) is 3.72. The molecule has 0 amide bonds. The lowest BCUT2D eigenvalue weighted by Gasteiger charge is -2.12. The van der Waals surface area contributed by atoms with Gasteiger partial charge in [0.15, 0.2) is 5.82 Å². The molecule has 0 atom stereocenters. The molecule has 11 rings (SSSR count). The van der Waals surface area contributed by atoms with E-state index < -0.39 is 0 Å². The first-order chi connectivity index (χ1) is 25.8. The van der Waals surface area contributed by atoms with Crippen LogP contribution in [0.25, 0.3) is 99.3 Å². The van der Waals surface area contributed by atoms with Gasteiger partial charge in [0.25, 0.3) is 0 Å². The van der Waals surface area contributed by atoms with Crippen molar-refractivity contribution in [3.63, 3.8) is 0 Å². The second-order valence-corrected chi connectivity index (χ2v) is 13.4. The van der Waals surface area contributed by atoms with Crippen LogP contribution in [0, 0.1) is 0 Å². The molecule has 0 N–H and O–H groups in total. The molecule has 52 heavy (non-hydrogen) atoms. The Morgan fingerprint density at radius 2 is 0.981 bits per heavy atom. The van der Waals surface area contributed by atoms with E-state index in [-0.39, 0.29) is 0 Å². The van der Waals surface area contributed by atoms with E-state index in [1.807, 2.05) is 12.1 Å². The Bertz CT molecular complexity index is 3170. The van der Waals surface area contributed by atoms with Crippen LogP contribution in [0.15, 0.2) is 182 Å². The van der Waals surface area contributed by atoms with Gasteiger partial charge >= 0.3 is 0 Å². The van der Waals surface area contributed by atoms with Crippen LogP contribution in [0.3, 0.4) is 0 Å². The fourth-order valence-corrected chi connectivity index (χ4v) is 8.19. The van der Waals surface area contributed by atoms with Gasteiger partial charge < -0.3 is 9.13 Å². The van der Waals surface area contributed by atoms with Crippen molar-refractivity contribution < 1.29 is 0 Å². The quantitative estimate of drug-likeness (QED) is 0.188. The summed E-state index contributed by atoms with van der Waals surface area (Å²) < 4.78 is 4.83. The molecule has 0 fully saturated rings. The first-order valence-electron chi connectivity index (χ1n) is 17.7. The van der Waals surface area contributed by atoms with Gasteiger partial charge in [-0.1, -0.05) is 127 Å². The standard InChI is InChI=1S/C48H30N4/c1-3-15-32(16-4-1)47-38-23-9-11-24-41(38)49-48(50-47)33-17-13-20-35(28-33)52-42-25-12-10-22-37(42)39-29-45-40(30-44(39)52)46-36-21-8-7-14-31(36)26-27-43(46)51(45)34-18-5-2-6-19-34/h1-30H. The molecule has 0 unspecified atom stereocenters. The summed E-state index contributed by atoms with van der Waals surface area (Å²) in [5.74, 6) is 0.708. The lowest BCUT2D eigenvalue weighted by molar-refractivity contribution is 1.17. The van der Waals surface area contributed by atoms with Crippen LogP contribution < -0.4 is 0 Å². The molecule has 3 aromatic heterocycles. The Labute approximate surface area is 299 Å². The van der Waals surface area contributed by atoms with Crippen LogP contribution in [-0.2, 0) is 0 Å². The van der Waals surface area contributed by atoms with E-state index in [1.54, 1.807) is 0 Å². The average molecular weight is 663 g/mol. The Balaban J connectivity index is 1.20. The number of aromatic nitrogens is 4. The van der Waals surface area contributed by atoms with E-state index in [0.717, 1.165) is 50.1 Å². The van der Waals surface area contributed by atoms with E-state index in [2.05, 4.69) is 179 Å². The van der Waals surface area contributed by atoms with Crippen molar-refractivity contribution >= 4 is 65.3 Å². The van der Waals surface area contributed by atoms with Crippen LogP contribution in [0.5, 0.6) is 0 Å². The van der Waals surface area contributed by atoms with E-state index in [4.69, 9.17) is 9.97 Å². The highest BCUT2D eigenvalue weighted by Crippen LogP contribution is 2.42. The summed E-state index contributed by atoms with van der Waals surface area (Å²) in [6, 6.07) is 64.9. The number of fused-ring (bicyclic) bond motifs is 9. The fourth-order valence-electron chi connectivity index (χ4n) is 8.19. The molecular formula is C48H30N4. The van der Waals surface area contributed by atoms with Crippen molar-refractivity contribution in [1.82, 2.24) is 19.1 Å². The number of rotatable bonds is 4. The minimum absolute atomic E-state index is 0.708. The number of hydrogen-bond donors (Lipinski definition) is 0. The smallest absolute Gasteiger partial charge is 0.160 e. The Morgan fingerprint density at radius 1 is 0.346 bits per heavy atom. The normalized spacial score (nSPS) is 11.8. The molecule has 0 aliphatic rings. The zero-order valence-corrected chi connectivity index (χ0v) is 28.1. The van der Waals surface area contributed by atoms with Crippen LogP contribution in [0.4, 0.5) is 0 Å². The van der Waals surface area contributed by atoms with Crippen molar-refractivity contribution in [3.05, 3.63) is 182 Å². The maximum absolute atomic E-state index is 5.20. The molecule has 11 aromatic rings. The van der Waals surface area contributed by atoms with Gasteiger partial charge in [-0.3, -0.25) is 0 Å². The summed E-state index contributed by atoms with van der Waals surface area (Å²) in [6.07, 6.45) is 0. The molecular weight excluding hydrogens is 633 g/mol. The highest BCUT2D eigenvalue weighted by molar-refractivity contribution is 6.25. The SMILES string of the molecule is c1ccc(-c2nc(-c3cccc(-n4c5ccccc5c5cc6c(cc54)c4c5ccccc5ccc4n6-c4ccccc4)c3)nc3ccccc23)cc1. The van der Waals surface area contributed by atoms with Crippen molar-refractivity contribution in [1.29, 1.82) is 0 Å². The lowest BCUT2D eigenvalue weighted by Crippen LogP contribution is -1.98. The maximum atomic E-state index is 5.20. The molecule has 0 radical (unpaired) electrons. The highest BCUT2D eigenvalue weighted by atomic mass is 15.0. The van der Waals surface area contributed by atoms with Gasteiger partial charge in [-0.25, -0.2) is 9.97 Å². The van der Waals surface area contributed by atoms with Crippen LogP contribution in [0.1, 0.15) is 0 Å². The van der Waals surface area contributed by atoms with Gasteiger partial charge in [0.05, 0.1) is 33.3 Å². The molecule has 4 nitrogen and oxygen atoms in total. The number of nitrogens with zero attached hydrogens (tertiary/aromatic N) is 4. The Kier molecular flexibility index (Phi) is 6.22. The van der Waals surface area contributed by atoms with Gasteiger partial charge in [0, 0.05) is 49.4 Å². The number of para-hydroxylation sites is 3. The van der Waals surface area contributed by atoms with E-state index in [1.165, 1.54) is 43.4 Å². The molecule has 3 heterocycles. The van der Waals surface area contributed by atoms with Gasteiger partial charge in [0.2, 0.25) is 0 Å². The molecule has 0 aliphatic carbocycles. The van der Waals surface area contributed by atoms with Crippen LogP contribution in [-0.4, -0.2) is 19.1 Å². The van der Waals surface area contributed by atoms with Crippen LogP contribution in [0.2, 0.25) is 0 Å². The lowest BCUT2D eigenvalue weighted by atomic mass is 10.0. The molecule has 8 aromatic carbocycles. The van der Waals surface area contributed by atoms with Gasteiger partial charge in [-0.05, 0) is 65.4 Å². The summed E-state index contributed by atoms with van der Waals surface area (Å²) in [7, 11) is 0. The minimum Gasteiger partial charge on any atom is -0.309 e. The summed E-state index contributed by atoms with van der Waals surface area (Å²) in [5, 5.41) is 8.46. The van der Waals surface area contributed by atoms with Crippen molar-refractivity contribution in [2.45, 2.75) is 0 Å². The summed E-state index contributed by atoms with van der Waals surface area (Å²) >= 11 is 0. The maximum Gasteiger partial charge on any atom is 0.160 e.